The van der Waals surface area contributed by atoms with Crippen molar-refractivity contribution >= 4 is 39.2 Å². The van der Waals surface area contributed by atoms with Gasteiger partial charge >= 0.3 is 0 Å². The van der Waals surface area contributed by atoms with Crippen LogP contribution in [0.4, 0.5) is 10.1 Å². The minimum atomic E-state index is -0.275. The van der Waals surface area contributed by atoms with Crippen molar-refractivity contribution in [2.24, 2.45) is 0 Å². The summed E-state index contributed by atoms with van der Waals surface area (Å²) >= 11 is 3.48. The molecule has 0 spiro atoms. The van der Waals surface area contributed by atoms with Gasteiger partial charge in [0.05, 0.1) is 24.8 Å². The standard InChI is InChI=1S/C22H18BrFN2O2/c1-13-3-4-15(7-19(13)24)12-26-20-10-18(23)6-5-16(20)8-17(9-21(26)27)22-25-11-14(2)28-22/h3-8,10-11H,9,12H2,1-2H3. The number of rotatable bonds is 3. The third kappa shape index (κ3) is 3.64. The molecule has 0 atom stereocenters. The summed E-state index contributed by atoms with van der Waals surface area (Å²) in [5.41, 5.74) is 3.68. The van der Waals surface area contributed by atoms with E-state index in [1.165, 1.54) is 6.07 Å². The molecule has 2 aromatic carbocycles. The Morgan fingerprint density at radius 2 is 2.04 bits per heavy atom. The molecular formula is C22H18BrFN2O2. The molecule has 28 heavy (non-hydrogen) atoms. The lowest BCUT2D eigenvalue weighted by atomic mass is 10.1. The number of benzene rings is 2. The maximum atomic E-state index is 14.0. The van der Waals surface area contributed by atoms with Crippen molar-refractivity contribution in [2.45, 2.75) is 26.8 Å². The molecule has 1 aromatic heterocycles. The Morgan fingerprint density at radius 1 is 1.21 bits per heavy atom. The predicted octanol–water partition coefficient (Wildman–Crippen LogP) is 5.67. The second-order valence-corrected chi connectivity index (χ2v) is 7.80. The average molecular weight is 441 g/mol. The zero-order valence-electron chi connectivity index (χ0n) is 15.5. The van der Waals surface area contributed by atoms with E-state index in [1.54, 1.807) is 24.1 Å². The Bertz CT molecular complexity index is 1100. The molecule has 4 nitrogen and oxygen atoms in total. The van der Waals surface area contributed by atoms with Crippen LogP contribution in [0.5, 0.6) is 0 Å². The third-order valence-electron chi connectivity index (χ3n) is 4.73. The van der Waals surface area contributed by atoms with Crippen molar-refractivity contribution in [3.8, 4) is 0 Å². The lowest BCUT2D eigenvalue weighted by Gasteiger charge is -2.23. The Kier molecular flexibility index (Phi) is 4.89. The molecular weight excluding hydrogens is 423 g/mol. The maximum absolute atomic E-state index is 14.0. The fraction of sp³-hybridized carbons (Fsp3) is 0.182. The number of oxazole rings is 1. The summed E-state index contributed by atoms with van der Waals surface area (Å²) in [5, 5.41) is 0. The number of anilines is 1. The van der Waals surface area contributed by atoms with Crippen molar-refractivity contribution in [1.29, 1.82) is 0 Å². The summed E-state index contributed by atoms with van der Waals surface area (Å²) in [6, 6.07) is 10.8. The van der Waals surface area contributed by atoms with Gasteiger partial charge in [0.2, 0.25) is 11.8 Å². The van der Waals surface area contributed by atoms with Crippen LogP contribution in [-0.4, -0.2) is 10.9 Å². The highest BCUT2D eigenvalue weighted by molar-refractivity contribution is 9.10. The topological polar surface area (TPSA) is 46.3 Å². The van der Waals surface area contributed by atoms with Crippen LogP contribution >= 0.6 is 15.9 Å². The van der Waals surface area contributed by atoms with E-state index in [0.717, 1.165) is 26.9 Å². The molecule has 2 heterocycles. The molecule has 1 amide bonds. The smallest absolute Gasteiger partial charge is 0.231 e. The van der Waals surface area contributed by atoms with Gasteiger partial charge in [0.15, 0.2) is 0 Å². The zero-order chi connectivity index (χ0) is 19.8. The highest BCUT2D eigenvalue weighted by atomic mass is 79.9. The summed E-state index contributed by atoms with van der Waals surface area (Å²) < 4.78 is 20.5. The van der Waals surface area contributed by atoms with Gasteiger partial charge < -0.3 is 9.32 Å². The molecule has 3 aromatic rings. The van der Waals surface area contributed by atoms with Crippen LogP contribution < -0.4 is 4.90 Å². The molecule has 1 aliphatic rings. The maximum Gasteiger partial charge on any atom is 0.231 e. The molecule has 0 N–H and O–H groups in total. The quantitative estimate of drug-likeness (QED) is 0.526. The summed E-state index contributed by atoms with van der Waals surface area (Å²) in [7, 11) is 0. The number of aryl methyl sites for hydroxylation is 2. The largest absolute Gasteiger partial charge is 0.442 e. The number of nitrogens with zero attached hydrogens (tertiary/aromatic N) is 2. The number of halogens is 2. The Balaban J connectivity index is 1.76. The van der Waals surface area contributed by atoms with E-state index in [2.05, 4.69) is 20.9 Å². The van der Waals surface area contributed by atoms with Crippen molar-refractivity contribution in [1.82, 2.24) is 4.98 Å². The fourth-order valence-corrected chi connectivity index (χ4v) is 3.58. The van der Waals surface area contributed by atoms with Gasteiger partial charge in [-0.2, -0.15) is 0 Å². The number of amides is 1. The molecule has 0 unspecified atom stereocenters. The lowest BCUT2D eigenvalue weighted by molar-refractivity contribution is -0.117. The molecule has 0 bridgehead atoms. The van der Waals surface area contributed by atoms with Crippen LogP contribution in [0.25, 0.3) is 11.6 Å². The Hall–Kier alpha value is -2.73. The van der Waals surface area contributed by atoms with E-state index in [1.807, 2.05) is 37.3 Å². The molecule has 142 valence electrons. The number of carbonyl (C=O) groups is 1. The number of carbonyl (C=O) groups excluding carboxylic acids is 1. The zero-order valence-corrected chi connectivity index (χ0v) is 17.1. The first kappa shape index (κ1) is 18.6. The highest BCUT2D eigenvalue weighted by Crippen LogP contribution is 2.35. The van der Waals surface area contributed by atoms with Crippen LogP contribution in [-0.2, 0) is 11.3 Å². The first-order valence-corrected chi connectivity index (χ1v) is 9.68. The van der Waals surface area contributed by atoms with E-state index in [-0.39, 0.29) is 24.7 Å². The fourth-order valence-electron chi connectivity index (χ4n) is 3.24. The minimum absolute atomic E-state index is 0.0973. The lowest BCUT2D eigenvalue weighted by Crippen LogP contribution is -2.30. The van der Waals surface area contributed by atoms with Crippen LogP contribution in [0.15, 0.2) is 51.5 Å². The van der Waals surface area contributed by atoms with Gasteiger partial charge in [-0.1, -0.05) is 34.1 Å². The second-order valence-electron chi connectivity index (χ2n) is 6.89. The minimum Gasteiger partial charge on any atom is -0.442 e. The van der Waals surface area contributed by atoms with E-state index in [9.17, 15) is 9.18 Å². The molecule has 1 aliphatic heterocycles. The monoisotopic (exact) mass is 440 g/mol. The SMILES string of the molecule is Cc1cnc(C2=Cc3ccc(Br)cc3N(Cc3ccc(C)c(F)c3)C(=O)C2)o1. The normalized spacial score (nSPS) is 13.9. The molecule has 4 rings (SSSR count). The van der Waals surface area contributed by atoms with Gasteiger partial charge in [-0.3, -0.25) is 4.79 Å². The van der Waals surface area contributed by atoms with E-state index in [0.29, 0.717) is 17.2 Å². The van der Waals surface area contributed by atoms with Gasteiger partial charge in [-0.05, 0) is 54.8 Å². The van der Waals surface area contributed by atoms with Gasteiger partial charge in [0.25, 0.3) is 0 Å². The van der Waals surface area contributed by atoms with Crippen molar-refractivity contribution in [3.05, 3.63) is 81.2 Å². The predicted molar refractivity (Wildman–Crippen MR) is 110 cm³/mol. The summed E-state index contributed by atoms with van der Waals surface area (Å²) in [6.07, 6.45) is 3.72. The van der Waals surface area contributed by atoms with Gasteiger partial charge in [-0.25, -0.2) is 9.37 Å². The summed E-state index contributed by atoms with van der Waals surface area (Å²) in [5.74, 6) is 0.766. The molecule has 0 aliphatic carbocycles. The van der Waals surface area contributed by atoms with Crippen molar-refractivity contribution < 1.29 is 13.6 Å². The van der Waals surface area contributed by atoms with Crippen LogP contribution in [0.1, 0.15) is 34.8 Å². The van der Waals surface area contributed by atoms with Crippen molar-refractivity contribution in [2.75, 3.05) is 4.90 Å². The Labute approximate surface area is 170 Å². The molecule has 0 radical (unpaired) electrons. The van der Waals surface area contributed by atoms with Crippen LogP contribution in [0.2, 0.25) is 0 Å². The van der Waals surface area contributed by atoms with Gasteiger partial charge in [0, 0.05) is 10.0 Å². The number of fused-ring (bicyclic) bond motifs is 1. The summed E-state index contributed by atoms with van der Waals surface area (Å²) in [6.45, 7) is 3.82. The number of hydrogen-bond donors (Lipinski definition) is 0. The molecule has 0 fully saturated rings. The average Bonchev–Trinajstić information content (AvgIpc) is 3.04. The van der Waals surface area contributed by atoms with Crippen LogP contribution in [0, 0.1) is 19.7 Å². The first-order chi connectivity index (χ1) is 13.4. The first-order valence-electron chi connectivity index (χ1n) is 8.89. The van der Waals surface area contributed by atoms with Gasteiger partial charge in [0.1, 0.15) is 11.6 Å². The summed E-state index contributed by atoms with van der Waals surface area (Å²) in [4.78, 5) is 19.1. The molecule has 6 heteroatoms. The van der Waals surface area contributed by atoms with Crippen molar-refractivity contribution in [3.63, 3.8) is 0 Å². The van der Waals surface area contributed by atoms with E-state index < -0.39 is 0 Å². The third-order valence-corrected chi connectivity index (χ3v) is 5.22. The van der Waals surface area contributed by atoms with E-state index in [4.69, 9.17) is 4.42 Å². The Morgan fingerprint density at radius 3 is 2.75 bits per heavy atom. The van der Waals surface area contributed by atoms with Crippen LogP contribution in [0.3, 0.4) is 0 Å². The second kappa shape index (κ2) is 7.36. The molecule has 0 saturated heterocycles. The van der Waals surface area contributed by atoms with Gasteiger partial charge in [-0.15, -0.1) is 0 Å². The number of aromatic nitrogens is 1. The molecule has 0 saturated carbocycles. The number of hydrogen-bond acceptors (Lipinski definition) is 3. The highest BCUT2D eigenvalue weighted by Gasteiger charge is 2.26. The van der Waals surface area contributed by atoms with E-state index >= 15 is 0 Å².